The van der Waals surface area contributed by atoms with Crippen molar-refractivity contribution in [1.82, 2.24) is 20.2 Å². The summed E-state index contributed by atoms with van der Waals surface area (Å²) in [6.45, 7) is 0. The Kier molecular flexibility index (Phi) is 4.18. The van der Waals surface area contributed by atoms with Gasteiger partial charge in [0.05, 0.1) is 16.4 Å². The highest BCUT2D eigenvalue weighted by atomic mass is 35.5. The number of carboxylic acids is 1. The van der Waals surface area contributed by atoms with Gasteiger partial charge in [-0.25, -0.2) is 9.78 Å². The molecule has 1 saturated carbocycles. The van der Waals surface area contributed by atoms with Gasteiger partial charge in [0.25, 0.3) is 0 Å². The van der Waals surface area contributed by atoms with E-state index in [9.17, 15) is 9.90 Å². The van der Waals surface area contributed by atoms with E-state index in [-0.39, 0.29) is 17.3 Å². The molecule has 1 aliphatic rings. The molecule has 9 heteroatoms. The molecule has 8 nitrogen and oxygen atoms in total. The van der Waals surface area contributed by atoms with Crippen LogP contribution in [0.5, 0.6) is 0 Å². The van der Waals surface area contributed by atoms with Crippen molar-refractivity contribution in [3.05, 3.63) is 52.8 Å². The zero-order valence-electron chi connectivity index (χ0n) is 13.5. The van der Waals surface area contributed by atoms with Gasteiger partial charge in [-0.2, -0.15) is 10.1 Å². The van der Waals surface area contributed by atoms with Crippen molar-refractivity contribution in [3.8, 4) is 0 Å². The van der Waals surface area contributed by atoms with Gasteiger partial charge in [-0.3, -0.25) is 5.10 Å². The molecule has 1 fully saturated rings. The van der Waals surface area contributed by atoms with Gasteiger partial charge in [0, 0.05) is 18.2 Å². The molecule has 0 aliphatic heterocycles. The Hall–Kier alpha value is -3.13. The first kappa shape index (κ1) is 16.3. The maximum atomic E-state index is 11.5. The Balaban J connectivity index is 1.62. The molecule has 0 radical (unpaired) electrons. The van der Waals surface area contributed by atoms with Crippen LogP contribution in [0.2, 0.25) is 5.02 Å². The third-order valence-electron chi connectivity index (χ3n) is 3.99. The number of para-hydroxylation sites is 1. The number of hydrogen-bond acceptors (Lipinski definition) is 6. The Morgan fingerprint density at radius 3 is 2.81 bits per heavy atom. The molecule has 3 aromatic rings. The summed E-state index contributed by atoms with van der Waals surface area (Å²) in [6, 6.07) is 9.01. The van der Waals surface area contributed by atoms with Crippen molar-refractivity contribution >= 4 is 40.8 Å². The lowest BCUT2D eigenvalue weighted by Gasteiger charge is -2.10. The molecular weight excluding hydrogens is 356 g/mol. The van der Waals surface area contributed by atoms with E-state index in [4.69, 9.17) is 11.6 Å². The fraction of sp³-hybridized carbons (Fsp3) is 0.176. The topological polar surface area (TPSA) is 116 Å². The molecule has 0 bridgehead atoms. The molecule has 1 aromatic carbocycles. The zero-order chi connectivity index (χ0) is 18.1. The van der Waals surface area contributed by atoms with Crippen molar-refractivity contribution in [2.24, 2.45) is 0 Å². The molecule has 1 aliphatic carbocycles. The number of hydrogen-bond donors (Lipinski definition) is 4. The van der Waals surface area contributed by atoms with Crippen LogP contribution in [0.15, 0.2) is 36.5 Å². The summed E-state index contributed by atoms with van der Waals surface area (Å²) in [5.41, 5.74) is 1.55. The van der Waals surface area contributed by atoms with Crippen LogP contribution in [0.25, 0.3) is 0 Å². The van der Waals surface area contributed by atoms with Gasteiger partial charge in [-0.15, -0.1) is 0 Å². The minimum absolute atomic E-state index is 0.0442. The van der Waals surface area contributed by atoms with Gasteiger partial charge >= 0.3 is 5.97 Å². The molecule has 0 atom stereocenters. The number of aromatic nitrogens is 4. The summed E-state index contributed by atoms with van der Waals surface area (Å²) in [5.74, 6) is 0.333. The number of aromatic carboxylic acids is 1. The summed E-state index contributed by atoms with van der Waals surface area (Å²) in [7, 11) is 0. The minimum Gasteiger partial charge on any atom is -0.477 e. The molecule has 2 aromatic heterocycles. The van der Waals surface area contributed by atoms with Crippen molar-refractivity contribution < 1.29 is 9.90 Å². The summed E-state index contributed by atoms with van der Waals surface area (Å²) in [5, 5.41) is 23.0. The van der Waals surface area contributed by atoms with Gasteiger partial charge in [-0.1, -0.05) is 23.7 Å². The fourth-order valence-corrected chi connectivity index (χ4v) is 2.68. The number of carboxylic acid groups (broad SMARTS) is 1. The molecule has 0 unspecified atom stereocenters. The van der Waals surface area contributed by atoms with E-state index in [1.54, 1.807) is 12.1 Å². The molecule has 132 valence electrons. The SMILES string of the molecule is O=C(O)c1cnc(Nc2ccccc2Cl)nc1Nc1cc(C2CC2)n[nH]1. The number of rotatable bonds is 6. The monoisotopic (exact) mass is 370 g/mol. The number of anilines is 4. The molecule has 0 spiro atoms. The Labute approximate surface area is 153 Å². The lowest BCUT2D eigenvalue weighted by Crippen LogP contribution is -2.08. The number of carbonyl (C=O) groups is 1. The van der Waals surface area contributed by atoms with E-state index in [1.165, 1.54) is 6.20 Å². The average molecular weight is 371 g/mol. The molecule has 26 heavy (non-hydrogen) atoms. The highest BCUT2D eigenvalue weighted by molar-refractivity contribution is 6.33. The molecule has 0 amide bonds. The van der Waals surface area contributed by atoms with E-state index in [1.807, 2.05) is 18.2 Å². The largest absolute Gasteiger partial charge is 0.477 e. The Bertz CT molecular complexity index is 969. The van der Waals surface area contributed by atoms with E-state index >= 15 is 0 Å². The van der Waals surface area contributed by atoms with Crippen LogP contribution in [0.4, 0.5) is 23.3 Å². The molecule has 0 saturated heterocycles. The normalized spacial score (nSPS) is 13.4. The first-order valence-electron chi connectivity index (χ1n) is 8.04. The smallest absolute Gasteiger partial charge is 0.341 e. The minimum atomic E-state index is -1.13. The van der Waals surface area contributed by atoms with Crippen LogP contribution >= 0.6 is 11.6 Å². The number of benzene rings is 1. The van der Waals surface area contributed by atoms with Gasteiger partial charge in [0.2, 0.25) is 5.95 Å². The predicted molar refractivity (Wildman–Crippen MR) is 97.6 cm³/mol. The molecule has 2 heterocycles. The Morgan fingerprint density at radius 2 is 2.08 bits per heavy atom. The lowest BCUT2D eigenvalue weighted by atomic mass is 10.3. The highest BCUT2D eigenvalue weighted by Gasteiger charge is 2.26. The number of H-pyrrole nitrogens is 1. The van der Waals surface area contributed by atoms with Crippen LogP contribution in [-0.4, -0.2) is 31.2 Å². The summed E-state index contributed by atoms with van der Waals surface area (Å²) in [4.78, 5) is 19.8. The van der Waals surface area contributed by atoms with Crippen molar-refractivity contribution in [2.45, 2.75) is 18.8 Å². The van der Waals surface area contributed by atoms with Crippen molar-refractivity contribution in [3.63, 3.8) is 0 Å². The van der Waals surface area contributed by atoms with Gasteiger partial charge in [0.15, 0.2) is 5.82 Å². The number of nitrogens with zero attached hydrogens (tertiary/aromatic N) is 3. The van der Waals surface area contributed by atoms with Crippen LogP contribution in [0.1, 0.15) is 34.8 Å². The van der Waals surface area contributed by atoms with Crippen molar-refractivity contribution in [1.29, 1.82) is 0 Å². The lowest BCUT2D eigenvalue weighted by molar-refractivity contribution is 0.0697. The zero-order valence-corrected chi connectivity index (χ0v) is 14.3. The van der Waals surface area contributed by atoms with Crippen LogP contribution in [-0.2, 0) is 0 Å². The summed E-state index contributed by atoms with van der Waals surface area (Å²) >= 11 is 6.12. The maximum Gasteiger partial charge on any atom is 0.341 e. The third kappa shape index (κ3) is 3.45. The van der Waals surface area contributed by atoms with Crippen LogP contribution < -0.4 is 10.6 Å². The number of nitrogens with one attached hydrogen (secondary N) is 3. The predicted octanol–water partition coefficient (Wildman–Crippen LogP) is 3.92. The van der Waals surface area contributed by atoms with Gasteiger partial charge in [-0.05, 0) is 25.0 Å². The molecule has 4 rings (SSSR count). The summed E-state index contributed by atoms with van der Waals surface area (Å²) in [6.07, 6.45) is 3.50. The molecular formula is C17H15ClN6O2. The van der Waals surface area contributed by atoms with E-state index in [2.05, 4.69) is 30.8 Å². The van der Waals surface area contributed by atoms with Gasteiger partial charge < -0.3 is 15.7 Å². The first-order valence-corrected chi connectivity index (χ1v) is 8.42. The van der Waals surface area contributed by atoms with Crippen LogP contribution in [0.3, 0.4) is 0 Å². The Morgan fingerprint density at radius 1 is 1.27 bits per heavy atom. The van der Waals surface area contributed by atoms with Crippen molar-refractivity contribution in [2.75, 3.05) is 10.6 Å². The quantitative estimate of drug-likeness (QED) is 0.519. The second-order valence-electron chi connectivity index (χ2n) is 5.97. The van der Waals surface area contributed by atoms with E-state index in [0.717, 1.165) is 18.5 Å². The van der Waals surface area contributed by atoms with Gasteiger partial charge in [0.1, 0.15) is 11.4 Å². The molecule has 4 N–H and O–H groups in total. The van der Waals surface area contributed by atoms with E-state index < -0.39 is 5.97 Å². The number of aromatic amines is 1. The first-order chi connectivity index (χ1) is 12.6. The van der Waals surface area contributed by atoms with E-state index in [0.29, 0.717) is 22.4 Å². The van der Waals surface area contributed by atoms with Crippen LogP contribution in [0, 0.1) is 0 Å². The summed E-state index contributed by atoms with van der Waals surface area (Å²) < 4.78 is 0. The average Bonchev–Trinajstić information content (AvgIpc) is 3.37. The second kappa shape index (κ2) is 6.64. The fourth-order valence-electron chi connectivity index (χ4n) is 2.49. The standard InChI is InChI=1S/C17H15ClN6O2/c18-11-3-1-2-4-12(11)20-17-19-8-10(16(25)26)15(22-17)21-14-7-13(23-24-14)9-5-6-9/h1-4,7-9H,5-6H2,(H,25,26)(H3,19,20,21,22,23,24). The number of halogens is 1. The second-order valence-corrected chi connectivity index (χ2v) is 6.38. The maximum absolute atomic E-state index is 11.5. The highest BCUT2D eigenvalue weighted by Crippen LogP contribution is 2.39. The third-order valence-corrected chi connectivity index (χ3v) is 4.32.